The van der Waals surface area contributed by atoms with Gasteiger partial charge < -0.3 is 25.0 Å². The number of amides is 2. The first-order valence-electron chi connectivity index (χ1n) is 8.97. The first kappa shape index (κ1) is 21.3. The molecule has 2 rings (SSSR count). The Hall–Kier alpha value is -2.00. The summed E-state index contributed by atoms with van der Waals surface area (Å²) in [6, 6.07) is 3.75. The molecule has 1 aromatic rings. The van der Waals surface area contributed by atoms with Crippen molar-refractivity contribution in [2.75, 3.05) is 54.6 Å². The van der Waals surface area contributed by atoms with E-state index in [0.717, 1.165) is 18.9 Å². The quantitative estimate of drug-likeness (QED) is 0.682. The fourth-order valence-electron chi connectivity index (χ4n) is 2.34. The minimum atomic E-state index is -0.511. The van der Waals surface area contributed by atoms with Crippen molar-refractivity contribution in [2.45, 2.75) is 26.4 Å². The fourth-order valence-corrected chi connectivity index (χ4v) is 2.99. The Morgan fingerprint density at radius 1 is 1.30 bits per heavy atom. The molecule has 9 heteroatoms. The molecule has 1 aliphatic rings. The molecule has 1 aromatic heterocycles. The highest BCUT2D eigenvalue weighted by Crippen LogP contribution is 2.15. The smallest absolute Gasteiger partial charge is 0.407 e. The van der Waals surface area contributed by atoms with Gasteiger partial charge in [-0.3, -0.25) is 4.79 Å². The van der Waals surface area contributed by atoms with Gasteiger partial charge in [0, 0.05) is 25.4 Å². The van der Waals surface area contributed by atoms with Crippen LogP contribution in [0.2, 0.25) is 0 Å². The number of ether oxygens (including phenoxy) is 2. The van der Waals surface area contributed by atoms with Gasteiger partial charge in [0.2, 0.25) is 5.91 Å². The van der Waals surface area contributed by atoms with Gasteiger partial charge in [-0.05, 0) is 32.9 Å². The molecule has 1 fully saturated rings. The number of pyridine rings is 1. The first-order chi connectivity index (χ1) is 12.8. The maximum atomic E-state index is 12.0. The average Bonchev–Trinajstić information content (AvgIpc) is 2.61. The molecule has 0 aromatic carbocycles. The molecule has 0 radical (unpaired) electrons. The van der Waals surface area contributed by atoms with Crippen molar-refractivity contribution in [1.82, 2.24) is 10.3 Å². The lowest BCUT2D eigenvalue weighted by atomic mass is 10.2. The minimum absolute atomic E-state index is 0.0989. The average molecular weight is 397 g/mol. The minimum Gasteiger partial charge on any atom is -0.444 e. The second-order valence-electron chi connectivity index (χ2n) is 7.03. The highest BCUT2D eigenvalue weighted by molar-refractivity contribution is 7.99. The molecule has 8 nitrogen and oxygen atoms in total. The van der Waals surface area contributed by atoms with Gasteiger partial charge >= 0.3 is 6.09 Å². The molecule has 2 N–H and O–H groups in total. The van der Waals surface area contributed by atoms with Crippen LogP contribution in [0, 0.1) is 0 Å². The summed E-state index contributed by atoms with van der Waals surface area (Å²) in [6.07, 6.45) is 1.22. The zero-order valence-corrected chi connectivity index (χ0v) is 16.9. The highest BCUT2D eigenvalue weighted by atomic mass is 32.2. The summed E-state index contributed by atoms with van der Waals surface area (Å²) in [5.41, 5.74) is 0.159. The molecule has 0 atom stereocenters. The molecule has 0 bridgehead atoms. The number of morpholine rings is 1. The number of thioether (sulfide) groups is 1. The number of anilines is 2. The number of nitrogens with one attached hydrogen (secondary N) is 2. The Kier molecular flexibility index (Phi) is 8.18. The third-order valence-electron chi connectivity index (χ3n) is 3.51. The number of nitrogens with zero attached hydrogens (tertiary/aromatic N) is 2. The van der Waals surface area contributed by atoms with Crippen LogP contribution in [0.25, 0.3) is 0 Å². The second-order valence-corrected chi connectivity index (χ2v) is 8.14. The van der Waals surface area contributed by atoms with Crippen molar-refractivity contribution >= 4 is 35.3 Å². The normalized spacial score (nSPS) is 14.6. The van der Waals surface area contributed by atoms with Crippen molar-refractivity contribution in [3.05, 3.63) is 18.3 Å². The van der Waals surface area contributed by atoms with Crippen LogP contribution in [0.3, 0.4) is 0 Å². The van der Waals surface area contributed by atoms with Crippen LogP contribution in [0.15, 0.2) is 18.3 Å². The monoisotopic (exact) mass is 396 g/mol. The summed E-state index contributed by atoms with van der Waals surface area (Å²) in [5, 5.41) is 5.49. The number of aromatic nitrogens is 1. The third-order valence-corrected chi connectivity index (χ3v) is 4.47. The number of alkyl carbamates (subject to hydrolysis) is 1. The van der Waals surface area contributed by atoms with Crippen molar-refractivity contribution < 1.29 is 19.1 Å². The van der Waals surface area contributed by atoms with Gasteiger partial charge in [0.05, 0.1) is 30.9 Å². The highest BCUT2D eigenvalue weighted by Gasteiger charge is 2.15. The summed E-state index contributed by atoms with van der Waals surface area (Å²) in [5.74, 6) is 1.72. The number of carbonyl (C=O) groups excluding carboxylic acids is 2. The molecular weight excluding hydrogens is 368 g/mol. The Bertz CT molecular complexity index is 613. The first-order valence-corrected chi connectivity index (χ1v) is 10.1. The molecule has 150 valence electrons. The van der Waals surface area contributed by atoms with Gasteiger partial charge in [0.15, 0.2) is 0 Å². The summed E-state index contributed by atoms with van der Waals surface area (Å²) in [7, 11) is 0. The molecule has 0 aliphatic carbocycles. The molecule has 1 saturated heterocycles. The Labute approximate surface area is 164 Å². The molecule has 0 spiro atoms. The second kappa shape index (κ2) is 10.4. The number of hydrogen-bond acceptors (Lipinski definition) is 7. The third kappa shape index (κ3) is 8.49. The predicted molar refractivity (Wildman–Crippen MR) is 107 cm³/mol. The van der Waals surface area contributed by atoms with Gasteiger partial charge in [-0.15, -0.1) is 0 Å². The largest absolute Gasteiger partial charge is 0.444 e. The van der Waals surface area contributed by atoms with Crippen LogP contribution in [0.4, 0.5) is 16.3 Å². The molecule has 27 heavy (non-hydrogen) atoms. The maximum Gasteiger partial charge on any atom is 0.407 e. The molecule has 2 heterocycles. The zero-order chi connectivity index (χ0) is 19.7. The van der Waals surface area contributed by atoms with Crippen LogP contribution >= 0.6 is 11.8 Å². The lowest BCUT2D eigenvalue weighted by Gasteiger charge is -2.27. The maximum absolute atomic E-state index is 12.0. The van der Waals surface area contributed by atoms with E-state index in [1.54, 1.807) is 6.20 Å². The van der Waals surface area contributed by atoms with Crippen molar-refractivity contribution in [3.8, 4) is 0 Å². The number of rotatable bonds is 7. The van der Waals surface area contributed by atoms with Crippen LogP contribution in [0.5, 0.6) is 0 Å². The summed E-state index contributed by atoms with van der Waals surface area (Å²) in [6.45, 7) is 8.96. The van der Waals surface area contributed by atoms with Crippen molar-refractivity contribution in [1.29, 1.82) is 0 Å². The van der Waals surface area contributed by atoms with E-state index in [1.807, 2.05) is 32.9 Å². The topological polar surface area (TPSA) is 92.8 Å². The van der Waals surface area contributed by atoms with Crippen LogP contribution in [-0.4, -0.2) is 66.9 Å². The lowest BCUT2D eigenvalue weighted by Crippen LogP contribution is -2.36. The Morgan fingerprint density at radius 2 is 2.04 bits per heavy atom. The van der Waals surface area contributed by atoms with Crippen LogP contribution in [0.1, 0.15) is 20.8 Å². The lowest BCUT2D eigenvalue weighted by molar-refractivity contribution is -0.113. The van der Waals surface area contributed by atoms with Gasteiger partial charge in [-0.25, -0.2) is 9.78 Å². The van der Waals surface area contributed by atoms with Crippen molar-refractivity contribution in [3.63, 3.8) is 0 Å². The molecule has 0 saturated carbocycles. The molecule has 2 amide bonds. The van der Waals surface area contributed by atoms with E-state index < -0.39 is 11.7 Å². The van der Waals surface area contributed by atoms with Crippen LogP contribution < -0.4 is 15.5 Å². The van der Waals surface area contributed by atoms with Gasteiger partial charge in [0.25, 0.3) is 0 Å². The van der Waals surface area contributed by atoms with E-state index >= 15 is 0 Å². The van der Waals surface area contributed by atoms with Gasteiger partial charge in [0.1, 0.15) is 11.4 Å². The van der Waals surface area contributed by atoms with Gasteiger partial charge in [-0.1, -0.05) is 0 Å². The van der Waals surface area contributed by atoms with Gasteiger partial charge in [-0.2, -0.15) is 11.8 Å². The van der Waals surface area contributed by atoms with E-state index in [4.69, 9.17) is 9.47 Å². The van der Waals surface area contributed by atoms with E-state index in [-0.39, 0.29) is 5.91 Å². The molecule has 1 aliphatic heterocycles. The predicted octanol–water partition coefficient (Wildman–Crippen LogP) is 2.11. The molecular formula is C18H28N4O4S. The Morgan fingerprint density at radius 3 is 2.67 bits per heavy atom. The standard InChI is InChI=1S/C18H28N4O4S/c1-18(2,3)26-17(24)19-6-11-27-13-16(23)21-14-4-5-15(20-12-14)22-7-9-25-10-8-22/h4-5,12H,6-11,13H2,1-3H3,(H,19,24)(H,21,23). The van der Waals surface area contributed by atoms with E-state index in [1.165, 1.54) is 11.8 Å². The number of hydrogen-bond donors (Lipinski definition) is 2. The van der Waals surface area contributed by atoms with E-state index in [0.29, 0.717) is 37.0 Å². The molecule has 0 unspecified atom stereocenters. The zero-order valence-electron chi connectivity index (χ0n) is 16.1. The van der Waals surface area contributed by atoms with E-state index in [2.05, 4.69) is 20.5 Å². The fraction of sp³-hybridized carbons (Fsp3) is 0.611. The summed E-state index contributed by atoms with van der Waals surface area (Å²) < 4.78 is 10.5. The van der Waals surface area contributed by atoms with E-state index in [9.17, 15) is 9.59 Å². The van der Waals surface area contributed by atoms with Crippen molar-refractivity contribution in [2.24, 2.45) is 0 Å². The SMILES string of the molecule is CC(C)(C)OC(=O)NCCSCC(=O)Nc1ccc(N2CCOCC2)nc1. The Balaban J connectivity index is 1.62. The summed E-state index contributed by atoms with van der Waals surface area (Å²) >= 11 is 1.44. The summed E-state index contributed by atoms with van der Waals surface area (Å²) in [4.78, 5) is 30.0. The van der Waals surface area contributed by atoms with Crippen LogP contribution in [-0.2, 0) is 14.3 Å². The number of carbonyl (C=O) groups is 2.